The van der Waals surface area contributed by atoms with Gasteiger partial charge in [0.15, 0.2) is 11.8 Å². The molecular weight excluding hydrogens is 821 g/mol. The fourth-order valence-electron chi connectivity index (χ4n) is 9.93. The number of hydrogen-bond acceptors (Lipinski definition) is 12. The van der Waals surface area contributed by atoms with Gasteiger partial charge in [-0.1, -0.05) is 78.9 Å². The van der Waals surface area contributed by atoms with E-state index in [0.29, 0.717) is 12.8 Å². The van der Waals surface area contributed by atoms with Crippen LogP contribution in [-0.2, 0) is 73.6 Å². The molecular formula is C49H58N4O11. The summed E-state index contributed by atoms with van der Waals surface area (Å²) in [6.45, 7) is 4.91. The van der Waals surface area contributed by atoms with Gasteiger partial charge < -0.3 is 39.2 Å². The molecule has 3 aromatic carbocycles. The van der Waals surface area contributed by atoms with E-state index in [1.54, 1.807) is 48.0 Å². The molecule has 2 N–H and O–H groups in total. The maximum Gasteiger partial charge on any atom is 0.327 e. The summed E-state index contributed by atoms with van der Waals surface area (Å²) in [5.74, 6) is -3.42. The van der Waals surface area contributed by atoms with Gasteiger partial charge in [0.2, 0.25) is 17.7 Å². The fourth-order valence-corrected chi connectivity index (χ4v) is 9.93. The molecule has 3 aliphatic heterocycles. The second kappa shape index (κ2) is 17.8. The van der Waals surface area contributed by atoms with Crippen molar-refractivity contribution in [3.63, 3.8) is 0 Å². The summed E-state index contributed by atoms with van der Waals surface area (Å²) in [5.41, 5.74) is 2.15. The molecule has 2 bridgehead atoms. The number of amides is 3. The maximum atomic E-state index is 15.8. The predicted octanol–water partition coefficient (Wildman–Crippen LogP) is 3.54. The summed E-state index contributed by atoms with van der Waals surface area (Å²) in [5, 5.41) is 14.8. The van der Waals surface area contributed by atoms with Crippen molar-refractivity contribution in [2.75, 3.05) is 27.7 Å². The number of nitrogens with zero attached hydrogens (tertiary/aromatic N) is 3. The predicted molar refractivity (Wildman–Crippen MR) is 232 cm³/mol. The van der Waals surface area contributed by atoms with Crippen molar-refractivity contribution < 1.29 is 52.9 Å². The summed E-state index contributed by atoms with van der Waals surface area (Å²) < 4.78 is 25.5. The molecule has 4 fully saturated rings. The lowest BCUT2D eigenvalue weighted by molar-refractivity contribution is -0.218. The molecule has 0 radical (unpaired) electrons. The monoisotopic (exact) mass is 878 g/mol. The molecule has 8 atom stereocenters. The summed E-state index contributed by atoms with van der Waals surface area (Å²) in [6, 6.07) is 21.6. The van der Waals surface area contributed by atoms with Crippen molar-refractivity contribution in [2.45, 2.75) is 120 Å². The molecule has 340 valence electrons. The first kappa shape index (κ1) is 45.1. The standard InChI is InChI=1S/C49H58N4O11/c1-47(2,3)61-39(56)22-20-35(29-54)50-44(57)36(24-30-13-8-7-9-14-30)52(6)46(59)49-27-37-40-41(63-48(62-40)25-33-17-10-11-18-34(33)26-48)43(49)64-53(42(49)45(58)60-37)28-32-16-12-15-31(23-32)19-21-38(55)51(4)5/h7-19,21,23,35-37,40-43,54H,20,22,24-29H2,1-6H3,(H,50,57)/t35-,36+,37-,40-,41-,42-,43+,49-/m0/s1. The number of rotatable bonds is 14. The van der Waals surface area contributed by atoms with E-state index in [9.17, 15) is 24.3 Å². The van der Waals surface area contributed by atoms with Gasteiger partial charge in [-0.15, -0.1) is 0 Å². The second-order valence-electron chi connectivity index (χ2n) is 18.9. The van der Waals surface area contributed by atoms with E-state index < -0.39 is 89.7 Å². The summed E-state index contributed by atoms with van der Waals surface area (Å²) in [7, 11) is 4.89. The van der Waals surface area contributed by atoms with Crippen molar-refractivity contribution in [3.8, 4) is 0 Å². The highest BCUT2D eigenvalue weighted by molar-refractivity contribution is 5.96. The number of likely N-dealkylation sites (N-methyl/N-ethyl adjacent to an activating group) is 2. The van der Waals surface area contributed by atoms with Crippen LogP contribution < -0.4 is 5.32 Å². The first-order valence-corrected chi connectivity index (χ1v) is 22.0. The molecule has 2 aliphatic carbocycles. The third-order valence-corrected chi connectivity index (χ3v) is 12.9. The molecule has 64 heavy (non-hydrogen) atoms. The maximum absolute atomic E-state index is 15.8. The summed E-state index contributed by atoms with van der Waals surface area (Å²) in [4.78, 5) is 79.6. The molecule has 15 heteroatoms. The van der Waals surface area contributed by atoms with Crippen LogP contribution in [0.5, 0.6) is 0 Å². The topological polar surface area (TPSA) is 173 Å². The normalized spacial score (nSPS) is 26.2. The number of benzene rings is 3. The Morgan fingerprint density at radius 2 is 1.61 bits per heavy atom. The van der Waals surface area contributed by atoms with E-state index in [1.807, 2.05) is 78.9 Å². The Hall–Kier alpha value is -5.45. The lowest BCUT2D eigenvalue weighted by Crippen LogP contribution is -2.70. The van der Waals surface area contributed by atoms with Crippen LogP contribution in [-0.4, -0.2) is 131 Å². The number of esters is 2. The van der Waals surface area contributed by atoms with E-state index in [4.69, 9.17) is 23.8 Å². The molecule has 3 amide bonds. The lowest BCUT2D eigenvalue weighted by Gasteiger charge is -2.50. The average Bonchev–Trinajstić information content (AvgIpc) is 3.93. The van der Waals surface area contributed by atoms with E-state index in [-0.39, 0.29) is 38.1 Å². The van der Waals surface area contributed by atoms with Crippen LogP contribution in [0.1, 0.15) is 67.9 Å². The van der Waals surface area contributed by atoms with E-state index >= 15 is 4.79 Å². The highest BCUT2D eigenvalue weighted by Crippen LogP contribution is 2.59. The quantitative estimate of drug-likeness (QED) is 0.179. The minimum absolute atomic E-state index is 0.0470. The third kappa shape index (κ3) is 8.96. The first-order valence-electron chi connectivity index (χ1n) is 22.0. The van der Waals surface area contributed by atoms with Crippen molar-refractivity contribution >= 4 is 35.7 Å². The molecule has 1 saturated carbocycles. The van der Waals surface area contributed by atoms with Crippen LogP contribution in [0.25, 0.3) is 6.08 Å². The van der Waals surface area contributed by atoms with Gasteiger partial charge in [0.05, 0.1) is 19.2 Å². The fraction of sp³-hybridized carbons (Fsp3) is 0.490. The zero-order valence-electron chi connectivity index (χ0n) is 37.2. The van der Waals surface area contributed by atoms with E-state index in [1.165, 1.54) is 20.9 Å². The molecule has 3 saturated heterocycles. The van der Waals surface area contributed by atoms with Crippen molar-refractivity contribution in [3.05, 3.63) is 113 Å². The number of aliphatic hydroxyl groups excluding tert-OH is 1. The molecule has 3 aromatic rings. The van der Waals surface area contributed by atoms with Gasteiger partial charge in [-0.25, -0.2) is 0 Å². The largest absolute Gasteiger partial charge is 0.460 e. The number of aliphatic hydroxyl groups is 1. The Labute approximate surface area is 373 Å². The minimum Gasteiger partial charge on any atom is -0.460 e. The zero-order valence-corrected chi connectivity index (χ0v) is 37.2. The highest BCUT2D eigenvalue weighted by atomic mass is 16.8. The van der Waals surface area contributed by atoms with Crippen molar-refractivity contribution in [1.82, 2.24) is 20.2 Å². The molecule has 3 heterocycles. The molecule has 5 aliphatic rings. The summed E-state index contributed by atoms with van der Waals surface area (Å²) in [6.07, 6.45) is 0.875. The smallest absolute Gasteiger partial charge is 0.327 e. The van der Waals surface area contributed by atoms with Crippen molar-refractivity contribution in [2.24, 2.45) is 5.41 Å². The van der Waals surface area contributed by atoms with Crippen LogP contribution >= 0.6 is 0 Å². The van der Waals surface area contributed by atoms with Gasteiger partial charge in [-0.3, -0.25) is 28.8 Å². The highest BCUT2D eigenvalue weighted by Gasteiger charge is 2.77. The number of hydroxylamine groups is 2. The number of nitrogens with one attached hydrogen (secondary N) is 1. The van der Waals surface area contributed by atoms with Crippen LogP contribution in [0.4, 0.5) is 0 Å². The third-order valence-electron chi connectivity index (χ3n) is 12.9. The van der Waals surface area contributed by atoms with E-state index in [0.717, 1.165) is 27.8 Å². The van der Waals surface area contributed by atoms with Crippen LogP contribution in [0.3, 0.4) is 0 Å². The van der Waals surface area contributed by atoms with Gasteiger partial charge in [-0.05, 0) is 61.1 Å². The number of fused-ring (bicyclic) bond motifs is 5. The van der Waals surface area contributed by atoms with Crippen LogP contribution in [0.2, 0.25) is 0 Å². The molecule has 15 nitrogen and oxygen atoms in total. The van der Waals surface area contributed by atoms with Gasteiger partial charge in [-0.2, -0.15) is 5.06 Å². The van der Waals surface area contributed by atoms with Gasteiger partial charge in [0.25, 0.3) is 0 Å². The van der Waals surface area contributed by atoms with Gasteiger partial charge >= 0.3 is 11.9 Å². The molecule has 8 rings (SSSR count). The van der Waals surface area contributed by atoms with Gasteiger partial charge in [0.1, 0.15) is 41.5 Å². The van der Waals surface area contributed by atoms with Crippen LogP contribution in [0.15, 0.2) is 84.9 Å². The lowest BCUT2D eigenvalue weighted by atomic mass is 9.62. The molecule has 0 aromatic heterocycles. The number of carbonyl (C=O) groups is 5. The van der Waals surface area contributed by atoms with Gasteiger partial charge in [0, 0.05) is 59.3 Å². The Kier molecular flexibility index (Phi) is 12.6. The Balaban J connectivity index is 1.13. The number of hydrogen-bond donors (Lipinski definition) is 2. The van der Waals surface area contributed by atoms with Crippen molar-refractivity contribution in [1.29, 1.82) is 0 Å². The number of carbonyl (C=O) groups excluding carboxylic acids is 5. The second-order valence-corrected chi connectivity index (χ2v) is 18.9. The Morgan fingerprint density at radius 1 is 0.938 bits per heavy atom. The molecule has 1 spiro atoms. The Bertz CT molecular complexity index is 2270. The average molecular weight is 879 g/mol. The molecule has 0 unspecified atom stereocenters. The first-order chi connectivity index (χ1) is 30.5. The number of ether oxygens (including phenoxy) is 4. The minimum atomic E-state index is -1.59. The van der Waals surface area contributed by atoms with Crippen LogP contribution in [0, 0.1) is 5.41 Å². The SMILES string of the molecule is CN(C)C(=O)C=Cc1cccc(CN2O[C@@H]3[C@H]4OC5(Cc6ccccc6C5)O[C@H]4[C@@H]4C[C@]3(C(=O)N(C)[C@H](Cc3ccccc3)C(=O)N[C@H](CO)CCC(=O)OC(C)(C)C)[C@@H]2C(=O)O4)c1. The van der Waals surface area contributed by atoms with E-state index in [2.05, 4.69) is 5.32 Å². The Morgan fingerprint density at radius 3 is 2.28 bits per heavy atom. The summed E-state index contributed by atoms with van der Waals surface area (Å²) >= 11 is 0. The zero-order chi connectivity index (χ0) is 45.6.